The number of carbonyl (C=O) groups excluding carboxylic acids is 1. The molecule has 0 N–H and O–H groups in total. The molecular formula is C16H20BrNO2. The van der Waals surface area contributed by atoms with E-state index in [2.05, 4.69) is 52.1 Å². The first-order valence-electron chi connectivity index (χ1n) is 7.17. The molecule has 4 atom stereocenters. The third-order valence-electron chi connectivity index (χ3n) is 5.04. The van der Waals surface area contributed by atoms with E-state index >= 15 is 0 Å². The molecule has 20 heavy (non-hydrogen) atoms. The third-order valence-corrected chi connectivity index (χ3v) is 5.57. The molecule has 2 bridgehead atoms. The number of ether oxygens (including phenoxy) is 1. The van der Waals surface area contributed by atoms with Crippen molar-refractivity contribution in [3.8, 4) is 0 Å². The van der Waals surface area contributed by atoms with Crippen molar-refractivity contribution in [2.75, 3.05) is 14.2 Å². The fourth-order valence-electron chi connectivity index (χ4n) is 3.98. The van der Waals surface area contributed by atoms with Crippen LogP contribution in [-0.4, -0.2) is 37.1 Å². The molecule has 2 fully saturated rings. The number of fused-ring (bicyclic) bond motifs is 2. The standard InChI is InChI=1S/C16H20BrNO2/c1-18-12-7-8-14(18)15(16(19)20-2)13(9-12)10-3-5-11(17)6-4-10/h3-6,12-15H,7-9H2,1-2H3/t12-,13+,14-,15-/m0/s1. The predicted octanol–water partition coefficient (Wildman–Crippen LogP) is 3.19. The minimum atomic E-state index is -0.0601. The molecule has 0 aliphatic carbocycles. The molecule has 2 aliphatic rings. The Hall–Kier alpha value is -0.870. The number of hydrogen-bond acceptors (Lipinski definition) is 3. The summed E-state index contributed by atoms with van der Waals surface area (Å²) in [5.74, 6) is 0.185. The number of halogens is 1. The van der Waals surface area contributed by atoms with Gasteiger partial charge in [-0.3, -0.25) is 9.69 Å². The number of carbonyl (C=O) groups is 1. The molecule has 0 amide bonds. The van der Waals surface area contributed by atoms with E-state index in [-0.39, 0.29) is 17.8 Å². The quantitative estimate of drug-likeness (QED) is 0.776. The molecule has 2 heterocycles. The van der Waals surface area contributed by atoms with Crippen molar-refractivity contribution in [1.29, 1.82) is 0 Å². The Morgan fingerprint density at radius 2 is 2.00 bits per heavy atom. The molecule has 0 spiro atoms. The molecule has 3 nitrogen and oxygen atoms in total. The van der Waals surface area contributed by atoms with E-state index in [1.165, 1.54) is 19.1 Å². The molecule has 4 heteroatoms. The van der Waals surface area contributed by atoms with Gasteiger partial charge in [0, 0.05) is 22.5 Å². The molecular weight excluding hydrogens is 318 g/mol. The van der Waals surface area contributed by atoms with Crippen LogP contribution in [0.25, 0.3) is 0 Å². The Bertz CT molecular complexity index is 502. The highest BCUT2D eigenvalue weighted by Crippen LogP contribution is 2.46. The van der Waals surface area contributed by atoms with Crippen LogP contribution >= 0.6 is 15.9 Å². The summed E-state index contributed by atoms with van der Waals surface area (Å²) in [4.78, 5) is 14.7. The average Bonchev–Trinajstić information content (AvgIpc) is 2.70. The molecule has 2 aliphatic heterocycles. The van der Waals surface area contributed by atoms with E-state index in [4.69, 9.17) is 4.74 Å². The van der Waals surface area contributed by atoms with Crippen LogP contribution in [0.3, 0.4) is 0 Å². The van der Waals surface area contributed by atoms with E-state index < -0.39 is 0 Å². The molecule has 2 saturated heterocycles. The van der Waals surface area contributed by atoms with Gasteiger partial charge >= 0.3 is 5.97 Å². The molecule has 1 aromatic rings. The van der Waals surface area contributed by atoms with Crippen LogP contribution in [0.4, 0.5) is 0 Å². The maximum atomic E-state index is 12.3. The number of esters is 1. The van der Waals surface area contributed by atoms with Crippen molar-refractivity contribution in [3.63, 3.8) is 0 Å². The highest BCUT2D eigenvalue weighted by molar-refractivity contribution is 9.10. The molecule has 108 valence electrons. The van der Waals surface area contributed by atoms with Crippen molar-refractivity contribution in [1.82, 2.24) is 4.90 Å². The normalized spacial score (nSPS) is 33.1. The molecule has 3 rings (SSSR count). The fourth-order valence-corrected chi connectivity index (χ4v) is 4.24. The lowest BCUT2D eigenvalue weighted by Gasteiger charge is -2.41. The van der Waals surface area contributed by atoms with Crippen LogP contribution in [0.15, 0.2) is 28.7 Å². The number of methoxy groups -OCH3 is 1. The summed E-state index contributed by atoms with van der Waals surface area (Å²) in [6.07, 6.45) is 3.35. The SMILES string of the molecule is COC(=O)[C@H]1[C@@H](c2ccc(Br)cc2)C[C@@H]2CC[C@@H]1N2C. The van der Waals surface area contributed by atoms with Gasteiger partial charge in [0.25, 0.3) is 0 Å². The van der Waals surface area contributed by atoms with Gasteiger partial charge in [-0.05, 0) is 44.0 Å². The molecule has 0 radical (unpaired) electrons. The first-order chi connectivity index (χ1) is 9.61. The Morgan fingerprint density at radius 3 is 2.65 bits per heavy atom. The minimum absolute atomic E-state index is 0.0371. The zero-order valence-corrected chi connectivity index (χ0v) is 13.5. The number of hydrogen-bond donors (Lipinski definition) is 0. The predicted molar refractivity (Wildman–Crippen MR) is 81.6 cm³/mol. The van der Waals surface area contributed by atoms with Gasteiger partial charge < -0.3 is 4.74 Å². The van der Waals surface area contributed by atoms with Crippen LogP contribution in [0.2, 0.25) is 0 Å². The minimum Gasteiger partial charge on any atom is -0.469 e. The van der Waals surface area contributed by atoms with E-state index in [1.54, 1.807) is 0 Å². The third kappa shape index (κ3) is 2.29. The second-order valence-electron chi connectivity index (χ2n) is 5.91. The Kier molecular flexibility index (Phi) is 3.87. The molecule has 0 aromatic heterocycles. The van der Waals surface area contributed by atoms with Crippen molar-refractivity contribution in [3.05, 3.63) is 34.3 Å². The first-order valence-corrected chi connectivity index (χ1v) is 7.96. The summed E-state index contributed by atoms with van der Waals surface area (Å²) in [5, 5.41) is 0. The number of benzene rings is 1. The smallest absolute Gasteiger partial charge is 0.310 e. The zero-order chi connectivity index (χ0) is 14.3. The monoisotopic (exact) mass is 337 g/mol. The van der Waals surface area contributed by atoms with Gasteiger partial charge in [-0.25, -0.2) is 0 Å². The van der Waals surface area contributed by atoms with Crippen LogP contribution in [0.5, 0.6) is 0 Å². The van der Waals surface area contributed by atoms with Crippen LogP contribution in [0.1, 0.15) is 30.7 Å². The lowest BCUT2D eigenvalue weighted by Crippen LogP contribution is -2.49. The number of nitrogens with zero attached hydrogens (tertiary/aromatic N) is 1. The second-order valence-corrected chi connectivity index (χ2v) is 6.82. The topological polar surface area (TPSA) is 29.5 Å². The van der Waals surface area contributed by atoms with Crippen molar-refractivity contribution in [2.24, 2.45) is 5.92 Å². The maximum absolute atomic E-state index is 12.3. The maximum Gasteiger partial charge on any atom is 0.310 e. The highest BCUT2D eigenvalue weighted by Gasteiger charge is 2.49. The Balaban J connectivity index is 1.95. The molecule has 1 aromatic carbocycles. The van der Waals surface area contributed by atoms with Crippen molar-refractivity contribution < 1.29 is 9.53 Å². The zero-order valence-electron chi connectivity index (χ0n) is 11.9. The second kappa shape index (κ2) is 5.49. The largest absolute Gasteiger partial charge is 0.469 e. The van der Waals surface area contributed by atoms with Crippen molar-refractivity contribution in [2.45, 2.75) is 37.3 Å². The molecule has 0 unspecified atom stereocenters. The lowest BCUT2D eigenvalue weighted by atomic mass is 9.76. The summed E-state index contributed by atoms with van der Waals surface area (Å²) in [7, 11) is 3.65. The Morgan fingerprint density at radius 1 is 1.30 bits per heavy atom. The number of rotatable bonds is 2. The summed E-state index contributed by atoms with van der Waals surface area (Å²) < 4.78 is 6.16. The van der Waals surface area contributed by atoms with E-state index in [0.29, 0.717) is 12.1 Å². The first kappa shape index (κ1) is 14.1. The van der Waals surface area contributed by atoms with E-state index in [9.17, 15) is 4.79 Å². The number of piperidine rings is 1. The van der Waals surface area contributed by atoms with Crippen LogP contribution < -0.4 is 0 Å². The van der Waals surface area contributed by atoms with Gasteiger partial charge in [0.2, 0.25) is 0 Å². The Labute approximate surface area is 128 Å². The molecule has 0 saturated carbocycles. The summed E-state index contributed by atoms with van der Waals surface area (Å²) >= 11 is 3.47. The van der Waals surface area contributed by atoms with Crippen LogP contribution in [-0.2, 0) is 9.53 Å². The van der Waals surface area contributed by atoms with Crippen molar-refractivity contribution >= 4 is 21.9 Å². The summed E-state index contributed by atoms with van der Waals surface area (Å²) in [5.41, 5.74) is 1.26. The van der Waals surface area contributed by atoms with Gasteiger partial charge in [-0.2, -0.15) is 0 Å². The van der Waals surface area contributed by atoms with Gasteiger partial charge in [0.1, 0.15) is 0 Å². The van der Waals surface area contributed by atoms with Gasteiger partial charge in [0.15, 0.2) is 0 Å². The lowest BCUT2D eigenvalue weighted by molar-refractivity contribution is -0.150. The highest BCUT2D eigenvalue weighted by atomic mass is 79.9. The van der Waals surface area contributed by atoms with Crippen LogP contribution in [0, 0.1) is 5.92 Å². The summed E-state index contributed by atoms with van der Waals surface area (Å²) in [6.45, 7) is 0. The van der Waals surface area contributed by atoms with E-state index in [0.717, 1.165) is 17.3 Å². The fraction of sp³-hybridized carbons (Fsp3) is 0.562. The van der Waals surface area contributed by atoms with Gasteiger partial charge in [0.05, 0.1) is 13.0 Å². The average molecular weight is 338 g/mol. The summed E-state index contributed by atoms with van der Waals surface area (Å²) in [6, 6.07) is 9.32. The van der Waals surface area contributed by atoms with Gasteiger partial charge in [-0.1, -0.05) is 28.1 Å². The van der Waals surface area contributed by atoms with Gasteiger partial charge in [-0.15, -0.1) is 0 Å². The van der Waals surface area contributed by atoms with E-state index in [1.807, 2.05) is 0 Å².